The van der Waals surface area contributed by atoms with Crippen molar-refractivity contribution in [1.29, 1.82) is 0 Å². The Hall–Kier alpha value is -2.25. The van der Waals surface area contributed by atoms with E-state index in [-0.39, 0.29) is 17.8 Å². The number of hydrogen-bond donors (Lipinski definition) is 0. The molecule has 2 rings (SSSR count). The molecule has 0 bridgehead atoms. The first-order valence-electron chi connectivity index (χ1n) is 5.90. The highest BCUT2D eigenvalue weighted by Gasteiger charge is 2.12. The molecule has 0 saturated carbocycles. The quantitative estimate of drug-likeness (QED) is 0.470. The van der Waals surface area contributed by atoms with Crippen molar-refractivity contribution in [3.05, 3.63) is 50.8 Å². The highest BCUT2D eigenvalue weighted by atomic mass is 16.7. The first kappa shape index (κ1) is 14.2. The first-order valence-corrected chi connectivity index (χ1v) is 5.90. The molecule has 0 spiro atoms. The summed E-state index contributed by atoms with van der Waals surface area (Å²) in [5.74, 6) is 0. The molecule has 0 aliphatic carbocycles. The van der Waals surface area contributed by atoms with Gasteiger partial charge in [-0.3, -0.25) is 14.9 Å². The second kappa shape index (κ2) is 5.81. The molecule has 7 heteroatoms. The van der Waals surface area contributed by atoms with E-state index in [4.69, 9.17) is 9.47 Å². The van der Waals surface area contributed by atoms with Crippen LogP contribution in [-0.4, -0.2) is 30.0 Å². The number of nitro benzene ring substituents is 1. The van der Waals surface area contributed by atoms with Crippen molar-refractivity contribution in [2.24, 2.45) is 0 Å². The number of aromatic nitrogens is 1. The summed E-state index contributed by atoms with van der Waals surface area (Å²) in [4.78, 5) is 22.2. The van der Waals surface area contributed by atoms with Gasteiger partial charge < -0.3 is 14.0 Å². The van der Waals surface area contributed by atoms with Gasteiger partial charge in [0.1, 0.15) is 0 Å². The van der Waals surface area contributed by atoms with E-state index in [0.717, 1.165) is 0 Å². The standard InChI is InChI=1S/C13H14N2O5/c1-19-13(20-2)8-14-11-5-4-10(15(17)18)7-9(11)3-6-12(14)16/h3-7,13H,8H2,1-2H3. The van der Waals surface area contributed by atoms with E-state index in [2.05, 4.69) is 0 Å². The summed E-state index contributed by atoms with van der Waals surface area (Å²) < 4.78 is 11.6. The van der Waals surface area contributed by atoms with Crippen LogP contribution < -0.4 is 5.56 Å². The largest absolute Gasteiger partial charge is 0.354 e. The van der Waals surface area contributed by atoms with Gasteiger partial charge in [-0.2, -0.15) is 0 Å². The lowest BCUT2D eigenvalue weighted by Gasteiger charge is -2.16. The zero-order chi connectivity index (χ0) is 14.7. The van der Waals surface area contributed by atoms with E-state index < -0.39 is 11.2 Å². The van der Waals surface area contributed by atoms with Gasteiger partial charge in [0.05, 0.1) is 17.0 Å². The third-order valence-electron chi connectivity index (χ3n) is 3.04. The number of rotatable bonds is 5. The lowest BCUT2D eigenvalue weighted by atomic mass is 10.2. The van der Waals surface area contributed by atoms with Gasteiger partial charge in [-0.25, -0.2) is 0 Å². The van der Waals surface area contributed by atoms with Crippen molar-refractivity contribution < 1.29 is 14.4 Å². The van der Waals surface area contributed by atoms with E-state index >= 15 is 0 Å². The predicted octanol–water partition coefficient (Wildman–Crippen LogP) is 1.53. The number of nitrogens with zero attached hydrogens (tertiary/aromatic N) is 2. The minimum atomic E-state index is -0.562. The van der Waals surface area contributed by atoms with Crippen molar-refractivity contribution in [3.8, 4) is 0 Å². The number of non-ortho nitro benzene ring substituents is 1. The maximum absolute atomic E-state index is 11.9. The van der Waals surface area contributed by atoms with E-state index in [0.29, 0.717) is 10.9 Å². The summed E-state index contributed by atoms with van der Waals surface area (Å²) >= 11 is 0. The van der Waals surface area contributed by atoms with Crippen molar-refractivity contribution in [1.82, 2.24) is 4.57 Å². The Morgan fingerprint density at radius 3 is 2.55 bits per heavy atom. The van der Waals surface area contributed by atoms with E-state index in [1.807, 2.05) is 0 Å². The van der Waals surface area contributed by atoms with Crippen LogP contribution in [0.25, 0.3) is 10.9 Å². The lowest BCUT2D eigenvalue weighted by Crippen LogP contribution is -2.28. The minimum absolute atomic E-state index is 0.0160. The molecule has 0 aliphatic heterocycles. The SMILES string of the molecule is COC(Cn1c(=O)ccc2cc([N+](=O)[O-])ccc21)OC. The van der Waals surface area contributed by atoms with Crippen LogP contribution in [-0.2, 0) is 16.0 Å². The Balaban J connectivity index is 2.55. The van der Waals surface area contributed by atoms with Crippen molar-refractivity contribution in [2.45, 2.75) is 12.8 Å². The fourth-order valence-corrected chi connectivity index (χ4v) is 1.99. The maximum Gasteiger partial charge on any atom is 0.270 e. The van der Waals surface area contributed by atoms with Crippen molar-refractivity contribution >= 4 is 16.6 Å². The molecule has 0 fully saturated rings. The summed E-state index contributed by atoms with van der Waals surface area (Å²) in [5.41, 5.74) is 0.366. The van der Waals surface area contributed by atoms with Gasteiger partial charge in [0, 0.05) is 37.8 Å². The molecule has 1 aromatic heterocycles. The molecular formula is C13H14N2O5. The summed E-state index contributed by atoms with van der Waals surface area (Å²) in [6.45, 7) is 0.209. The molecule has 0 saturated heterocycles. The second-order valence-electron chi connectivity index (χ2n) is 4.18. The molecule has 0 radical (unpaired) electrons. The van der Waals surface area contributed by atoms with E-state index in [1.54, 1.807) is 12.1 Å². The molecule has 2 aromatic rings. The molecule has 0 amide bonds. The van der Waals surface area contributed by atoms with Gasteiger partial charge in [-0.1, -0.05) is 0 Å². The minimum Gasteiger partial charge on any atom is -0.354 e. The normalized spacial score (nSPS) is 11.2. The number of pyridine rings is 1. The van der Waals surface area contributed by atoms with Gasteiger partial charge in [0.2, 0.25) is 0 Å². The van der Waals surface area contributed by atoms with Gasteiger partial charge in [-0.05, 0) is 12.1 Å². The second-order valence-corrected chi connectivity index (χ2v) is 4.18. The Kier molecular flexibility index (Phi) is 4.11. The predicted molar refractivity (Wildman–Crippen MR) is 72.7 cm³/mol. The number of methoxy groups -OCH3 is 2. The number of ether oxygens (including phenoxy) is 2. The molecule has 1 aromatic carbocycles. The number of benzene rings is 1. The monoisotopic (exact) mass is 278 g/mol. The highest BCUT2D eigenvalue weighted by Crippen LogP contribution is 2.19. The third kappa shape index (κ3) is 2.68. The van der Waals surface area contributed by atoms with Crippen LogP contribution in [0.2, 0.25) is 0 Å². The van der Waals surface area contributed by atoms with Crippen LogP contribution in [0.15, 0.2) is 35.1 Å². The van der Waals surface area contributed by atoms with E-state index in [9.17, 15) is 14.9 Å². The van der Waals surface area contributed by atoms with Crippen LogP contribution in [0.3, 0.4) is 0 Å². The van der Waals surface area contributed by atoms with Crippen LogP contribution in [0.4, 0.5) is 5.69 Å². The molecule has 1 heterocycles. The number of fused-ring (bicyclic) bond motifs is 1. The molecule has 20 heavy (non-hydrogen) atoms. The van der Waals surface area contributed by atoms with E-state index in [1.165, 1.54) is 37.0 Å². The Labute approximate surface area is 114 Å². The smallest absolute Gasteiger partial charge is 0.270 e. The Morgan fingerprint density at radius 2 is 1.95 bits per heavy atom. The molecule has 0 aliphatic rings. The molecule has 7 nitrogen and oxygen atoms in total. The lowest BCUT2D eigenvalue weighted by molar-refractivity contribution is -0.384. The fourth-order valence-electron chi connectivity index (χ4n) is 1.99. The molecule has 106 valence electrons. The zero-order valence-electron chi connectivity index (χ0n) is 11.1. The topological polar surface area (TPSA) is 83.6 Å². The molecule has 0 atom stereocenters. The summed E-state index contributed by atoms with van der Waals surface area (Å²) in [6, 6.07) is 7.29. The molecule has 0 unspecified atom stereocenters. The summed E-state index contributed by atoms with van der Waals surface area (Å²) in [6.07, 6.45) is -0.562. The zero-order valence-corrected chi connectivity index (χ0v) is 11.1. The number of hydrogen-bond acceptors (Lipinski definition) is 5. The van der Waals surface area contributed by atoms with Crippen LogP contribution in [0.5, 0.6) is 0 Å². The Bertz CT molecular complexity index is 691. The first-order chi connectivity index (χ1) is 9.56. The van der Waals surface area contributed by atoms with Gasteiger partial charge in [0.15, 0.2) is 6.29 Å². The summed E-state index contributed by atoms with van der Waals surface area (Å²) in [7, 11) is 2.96. The third-order valence-corrected chi connectivity index (χ3v) is 3.04. The number of nitro groups is 1. The van der Waals surface area contributed by atoms with Crippen LogP contribution in [0, 0.1) is 10.1 Å². The maximum atomic E-state index is 11.9. The molecular weight excluding hydrogens is 264 g/mol. The summed E-state index contributed by atoms with van der Waals surface area (Å²) in [5, 5.41) is 11.4. The van der Waals surface area contributed by atoms with Crippen LogP contribution >= 0.6 is 0 Å². The highest BCUT2D eigenvalue weighted by molar-refractivity contribution is 5.81. The average molecular weight is 278 g/mol. The van der Waals surface area contributed by atoms with Gasteiger partial charge >= 0.3 is 0 Å². The van der Waals surface area contributed by atoms with Crippen LogP contribution in [0.1, 0.15) is 0 Å². The fraction of sp³-hybridized carbons (Fsp3) is 0.308. The van der Waals surface area contributed by atoms with Crippen molar-refractivity contribution in [2.75, 3.05) is 14.2 Å². The Morgan fingerprint density at radius 1 is 1.25 bits per heavy atom. The average Bonchev–Trinajstić information content (AvgIpc) is 2.46. The van der Waals surface area contributed by atoms with Crippen molar-refractivity contribution in [3.63, 3.8) is 0 Å². The van der Waals surface area contributed by atoms with Gasteiger partial charge in [-0.15, -0.1) is 0 Å². The molecule has 0 N–H and O–H groups in total. The van der Waals surface area contributed by atoms with Gasteiger partial charge in [0.25, 0.3) is 11.2 Å².